The van der Waals surface area contributed by atoms with E-state index in [1.807, 2.05) is 36.4 Å². The average Bonchev–Trinajstić information content (AvgIpc) is 3.72. The van der Waals surface area contributed by atoms with Crippen LogP contribution in [0.1, 0.15) is 11.1 Å². The molecule has 0 aliphatic rings. The zero-order valence-electron chi connectivity index (χ0n) is 22.6. The summed E-state index contributed by atoms with van der Waals surface area (Å²) in [5.74, 6) is 0. The Hall–Kier alpha value is -6.30. The van der Waals surface area contributed by atoms with Crippen LogP contribution >= 0.6 is 0 Å². The fourth-order valence-corrected chi connectivity index (χ4v) is 6.43. The maximum Gasteiger partial charge on any atom is 0.135 e. The SMILES string of the molecule is N#Cc1ccc2oc3ccc(-c4ccc5c(c4)c4ccccc4n5-c4ccc5oc6ccc(C#N)cc6c5c4)cc3c2c1. The number of hydrogen-bond donors (Lipinski definition) is 0. The van der Waals surface area contributed by atoms with Crippen LogP contribution < -0.4 is 0 Å². The van der Waals surface area contributed by atoms with E-state index in [0.29, 0.717) is 11.1 Å². The van der Waals surface area contributed by atoms with Gasteiger partial charge in [0, 0.05) is 38.0 Å². The second kappa shape index (κ2) is 8.60. The highest BCUT2D eigenvalue weighted by Gasteiger charge is 2.16. The molecule has 0 aliphatic carbocycles. The normalized spacial score (nSPS) is 11.7. The van der Waals surface area contributed by atoms with Gasteiger partial charge in [-0.05, 0) is 96.1 Å². The van der Waals surface area contributed by atoms with Crippen molar-refractivity contribution >= 4 is 65.7 Å². The molecule has 0 unspecified atom stereocenters. The zero-order valence-corrected chi connectivity index (χ0v) is 22.6. The van der Waals surface area contributed by atoms with Crippen LogP contribution in [0.5, 0.6) is 0 Å². The van der Waals surface area contributed by atoms with Gasteiger partial charge in [-0.15, -0.1) is 0 Å². The third-order valence-corrected chi connectivity index (χ3v) is 8.44. The van der Waals surface area contributed by atoms with E-state index in [0.717, 1.165) is 82.5 Å². The van der Waals surface area contributed by atoms with E-state index in [4.69, 9.17) is 8.83 Å². The minimum atomic E-state index is 0.608. The van der Waals surface area contributed by atoms with Gasteiger partial charge in [0.1, 0.15) is 22.3 Å². The summed E-state index contributed by atoms with van der Waals surface area (Å²) in [5, 5.41) is 25.0. The van der Waals surface area contributed by atoms with Gasteiger partial charge in [-0.3, -0.25) is 0 Å². The highest BCUT2D eigenvalue weighted by Crippen LogP contribution is 2.38. The van der Waals surface area contributed by atoms with Gasteiger partial charge in [0.25, 0.3) is 0 Å². The number of nitriles is 2. The van der Waals surface area contributed by atoms with Gasteiger partial charge in [-0.2, -0.15) is 10.5 Å². The summed E-state index contributed by atoms with van der Waals surface area (Å²) < 4.78 is 14.4. The van der Waals surface area contributed by atoms with E-state index in [9.17, 15) is 10.5 Å². The summed E-state index contributed by atoms with van der Waals surface area (Å²) >= 11 is 0. The second-order valence-corrected chi connectivity index (χ2v) is 10.8. The Kier molecular flexibility index (Phi) is 4.68. The minimum Gasteiger partial charge on any atom is -0.456 e. The van der Waals surface area contributed by atoms with Gasteiger partial charge >= 0.3 is 0 Å². The van der Waals surface area contributed by atoms with Gasteiger partial charge in [-0.1, -0.05) is 30.3 Å². The second-order valence-electron chi connectivity index (χ2n) is 10.8. The summed E-state index contributed by atoms with van der Waals surface area (Å²) in [5.41, 5.74) is 9.77. The predicted molar refractivity (Wildman–Crippen MR) is 170 cm³/mol. The van der Waals surface area contributed by atoms with E-state index in [2.05, 4.69) is 83.4 Å². The number of nitrogens with zero attached hydrogens (tertiary/aromatic N) is 3. The first-order valence-corrected chi connectivity index (χ1v) is 14.0. The molecule has 0 amide bonds. The topological polar surface area (TPSA) is 78.8 Å². The lowest BCUT2D eigenvalue weighted by molar-refractivity contribution is 0.668. The predicted octanol–water partition coefficient (Wildman–Crippen LogP) is 9.99. The number of aromatic nitrogens is 1. The van der Waals surface area contributed by atoms with Crippen LogP contribution in [0.4, 0.5) is 0 Å². The molecule has 0 saturated carbocycles. The van der Waals surface area contributed by atoms with Gasteiger partial charge in [0.15, 0.2) is 0 Å². The fraction of sp³-hybridized carbons (Fsp3) is 0. The van der Waals surface area contributed by atoms with Crippen LogP contribution in [0, 0.1) is 22.7 Å². The van der Waals surface area contributed by atoms with Crippen molar-refractivity contribution in [3.63, 3.8) is 0 Å². The van der Waals surface area contributed by atoms with Crippen LogP contribution in [0.3, 0.4) is 0 Å². The standard InChI is InChI=1S/C38H19N3O2/c39-20-22-5-11-35-29(15-22)31-18-25(8-13-37(31)42-35)24-7-10-34-28(17-24)27-3-1-2-4-33(27)41(34)26-9-14-38-32(19-26)30-16-23(21-40)6-12-36(30)43-38/h1-19H. The monoisotopic (exact) mass is 549 g/mol. The molecular formula is C38H19N3O2. The number of para-hydroxylation sites is 1. The summed E-state index contributed by atoms with van der Waals surface area (Å²) in [6.07, 6.45) is 0. The molecule has 198 valence electrons. The lowest BCUT2D eigenvalue weighted by Crippen LogP contribution is -1.93. The summed E-state index contributed by atoms with van der Waals surface area (Å²) in [7, 11) is 0. The minimum absolute atomic E-state index is 0.608. The summed E-state index contributed by atoms with van der Waals surface area (Å²) in [6, 6.07) is 43.1. The van der Waals surface area contributed by atoms with Gasteiger partial charge < -0.3 is 13.4 Å². The summed E-state index contributed by atoms with van der Waals surface area (Å²) in [6.45, 7) is 0. The van der Waals surface area contributed by atoms with Crippen molar-refractivity contribution in [3.8, 4) is 29.0 Å². The molecule has 3 heterocycles. The molecule has 0 spiro atoms. The van der Waals surface area contributed by atoms with E-state index in [1.165, 1.54) is 0 Å². The lowest BCUT2D eigenvalue weighted by Gasteiger charge is -2.09. The van der Waals surface area contributed by atoms with Crippen molar-refractivity contribution in [3.05, 3.63) is 126 Å². The number of hydrogen-bond acceptors (Lipinski definition) is 4. The molecule has 9 aromatic rings. The number of furan rings is 2. The Morgan fingerprint density at radius 1 is 0.442 bits per heavy atom. The van der Waals surface area contributed by atoms with E-state index in [1.54, 1.807) is 12.1 Å². The van der Waals surface area contributed by atoms with Crippen LogP contribution in [0.2, 0.25) is 0 Å². The van der Waals surface area contributed by atoms with Crippen LogP contribution in [-0.4, -0.2) is 4.57 Å². The van der Waals surface area contributed by atoms with Gasteiger partial charge in [0.05, 0.1) is 34.3 Å². The van der Waals surface area contributed by atoms with Crippen molar-refractivity contribution in [1.82, 2.24) is 4.57 Å². The van der Waals surface area contributed by atoms with Crippen molar-refractivity contribution in [2.45, 2.75) is 0 Å². The van der Waals surface area contributed by atoms with E-state index < -0.39 is 0 Å². The zero-order chi connectivity index (χ0) is 28.7. The Morgan fingerprint density at radius 3 is 1.63 bits per heavy atom. The third-order valence-electron chi connectivity index (χ3n) is 8.44. The lowest BCUT2D eigenvalue weighted by atomic mass is 10.0. The number of fused-ring (bicyclic) bond motifs is 9. The molecule has 0 N–H and O–H groups in total. The Morgan fingerprint density at radius 2 is 0.953 bits per heavy atom. The maximum absolute atomic E-state index is 9.46. The van der Waals surface area contributed by atoms with E-state index in [-0.39, 0.29) is 0 Å². The molecule has 0 bridgehead atoms. The highest BCUT2D eigenvalue weighted by molar-refractivity contribution is 6.12. The van der Waals surface area contributed by atoms with Crippen molar-refractivity contribution < 1.29 is 8.83 Å². The molecule has 0 fully saturated rings. The molecular weight excluding hydrogens is 530 g/mol. The summed E-state index contributed by atoms with van der Waals surface area (Å²) in [4.78, 5) is 0. The van der Waals surface area contributed by atoms with Crippen molar-refractivity contribution in [2.24, 2.45) is 0 Å². The molecule has 0 aliphatic heterocycles. The largest absolute Gasteiger partial charge is 0.456 e. The molecule has 6 aromatic carbocycles. The molecule has 0 atom stereocenters. The number of benzene rings is 6. The van der Waals surface area contributed by atoms with Crippen LogP contribution in [0.25, 0.3) is 82.5 Å². The van der Waals surface area contributed by atoms with Crippen LogP contribution in [-0.2, 0) is 0 Å². The van der Waals surface area contributed by atoms with Crippen molar-refractivity contribution in [1.29, 1.82) is 10.5 Å². The average molecular weight is 550 g/mol. The first-order chi connectivity index (χ1) is 21.2. The van der Waals surface area contributed by atoms with Gasteiger partial charge in [-0.25, -0.2) is 0 Å². The molecule has 0 saturated heterocycles. The molecule has 0 radical (unpaired) electrons. The molecule has 43 heavy (non-hydrogen) atoms. The first kappa shape index (κ1) is 23.4. The molecule has 5 heteroatoms. The first-order valence-electron chi connectivity index (χ1n) is 14.0. The highest BCUT2D eigenvalue weighted by atomic mass is 16.3. The van der Waals surface area contributed by atoms with E-state index >= 15 is 0 Å². The smallest absolute Gasteiger partial charge is 0.135 e. The molecule has 5 nitrogen and oxygen atoms in total. The third kappa shape index (κ3) is 3.37. The Bertz CT molecular complexity index is 2710. The maximum atomic E-state index is 9.46. The molecule has 9 rings (SSSR count). The molecule has 3 aromatic heterocycles. The van der Waals surface area contributed by atoms with Crippen LogP contribution in [0.15, 0.2) is 124 Å². The Balaban J connectivity index is 1.25. The van der Waals surface area contributed by atoms with Gasteiger partial charge in [0.2, 0.25) is 0 Å². The fourth-order valence-electron chi connectivity index (χ4n) is 6.43. The quantitative estimate of drug-likeness (QED) is 0.215. The Labute approximate surface area is 244 Å². The van der Waals surface area contributed by atoms with Crippen molar-refractivity contribution in [2.75, 3.05) is 0 Å². The number of rotatable bonds is 2.